The van der Waals surface area contributed by atoms with Gasteiger partial charge in [-0.15, -0.1) is 0 Å². The van der Waals surface area contributed by atoms with E-state index >= 15 is 0 Å². The fraction of sp³-hybridized carbons (Fsp3) is 0. The van der Waals surface area contributed by atoms with Crippen molar-refractivity contribution in [2.45, 2.75) is 0 Å². The number of hydrogen-bond acceptors (Lipinski definition) is 5. The van der Waals surface area contributed by atoms with Crippen molar-refractivity contribution < 1.29 is 5.21 Å². The van der Waals surface area contributed by atoms with Crippen molar-refractivity contribution in [3.8, 4) is 0 Å². The van der Waals surface area contributed by atoms with E-state index in [1.807, 2.05) is 0 Å². The zero-order valence-corrected chi connectivity index (χ0v) is 5.85. The third kappa shape index (κ3) is 0.729. The molecule has 2 heterocycles. The molecule has 0 saturated heterocycles. The molecule has 0 bridgehead atoms. The van der Waals surface area contributed by atoms with Gasteiger partial charge in [0.1, 0.15) is 12.1 Å². The highest BCUT2D eigenvalue weighted by atomic mass is 16.5. The molecule has 0 saturated carbocycles. The zero-order valence-electron chi connectivity index (χ0n) is 5.85. The summed E-state index contributed by atoms with van der Waals surface area (Å²) in [6.07, 6.45) is 1.11. The fourth-order valence-corrected chi connectivity index (χ4v) is 0.955. The Kier molecular flexibility index (Phi) is 1.09. The summed E-state index contributed by atoms with van der Waals surface area (Å²) < 4.78 is 0.702. The molecular weight excluding hydrogens is 162 g/mol. The number of nitrogens with zero attached hydrogens (tertiary/aromatic N) is 3. The molecule has 2 aromatic rings. The van der Waals surface area contributed by atoms with Crippen molar-refractivity contribution in [1.82, 2.24) is 19.7 Å². The molecule has 12 heavy (non-hydrogen) atoms. The number of nitrogen functional groups attached to an aromatic ring is 1. The van der Waals surface area contributed by atoms with Crippen LogP contribution in [0.1, 0.15) is 0 Å². The Morgan fingerprint density at radius 3 is 3.17 bits per heavy atom. The molecule has 0 amide bonds. The normalized spacial score (nSPS) is 10.7. The van der Waals surface area contributed by atoms with Gasteiger partial charge in [0.05, 0.1) is 0 Å². The average molecular weight is 167 g/mol. The van der Waals surface area contributed by atoms with Gasteiger partial charge in [0.15, 0.2) is 11.2 Å². The second kappa shape index (κ2) is 1.97. The molecule has 7 heteroatoms. The minimum atomic E-state index is -0.585. The summed E-state index contributed by atoms with van der Waals surface area (Å²) >= 11 is 0. The van der Waals surface area contributed by atoms with E-state index in [2.05, 4.69) is 15.0 Å². The Bertz CT molecular complexity index is 484. The highest BCUT2D eigenvalue weighted by Crippen LogP contribution is 2.10. The molecule has 0 unspecified atom stereocenters. The maximum atomic E-state index is 10.7. The van der Waals surface area contributed by atoms with E-state index in [9.17, 15) is 4.79 Å². The zero-order chi connectivity index (χ0) is 8.72. The average Bonchev–Trinajstić information content (AvgIpc) is 2.31. The lowest BCUT2D eigenvalue weighted by Gasteiger charge is -1.95. The van der Waals surface area contributed by atoms with Gasteiger partial charge in [-0.3, -0.25) is 4.98 Å². The molecule has 0 atom stereocenters. The van der Waals surface area contributed by atoms with E-state index in [1.165, 1.54) is 0 Å². The second-order valence-corrected chi connectivity index (χ2v) is 2.22. The van der Waals surface area contributed by atoms with E-state index < -0.39 is 5.69 Å². The van der Waals surface area contributed by atoms with Crippen LogP contribution in [0.15, 0.2) is 11.1 Å². The number of hydrogen-bond donors (Lipinski definition) is 3. The number of nitrogens with two attached hydrogens (primary N) is 1. The van der Waals surface area contributed by atoms with Gasteiger partial charge >= 0.3 is 5.69 Å². The van der Waals surface area contributed by atoms with Crippen LogP contribution in [0, 0.1) is 0 Å². The lowest BCUT2D eigenvalue weighted by Crippen LogP contribution is -2.13. The van der Waals surface area contributed by atoms with Gasteiger partial charge in [-0.25, -0.2) is 9.78 Å². The summed E-state index contributed by atoms with van der Waals surface area (Å²) in [6, 6.07) is 0. The Morgan fingerprint density at radius 2 is 2.42 bits per heavy atom. The van der Waals surface area contributed by atoms with Crippen LogP contribution < -0.4 is 11.4 Å². The summed E-state index contributed by atoms with van der Waals surface area (Å²) in [5, 5.41) is 9.10. The first-order chi connectivity index (χ1) is 5.68. The van der Waals surface area contributed by atoms with Gasteiger partial charge in [0.2, 0.25) is 0 Å². The summed E-state index contributed by atoms with van der Waals surface area (Å²) in [7, 11) is 0. The van der Waals surface area contributed by atoms with Crippen LogP contribution in [-0.4, -0.2) is 24.9 Å². The van der Waals surface area contributed by atoms with Crippen molar-refractivity contribution in [1.29, 1.82) is 0 Å². The van der Waals surface area contributed by atoms with Gasteiger partial charge in [-0.1, -0.05) is 0 Å². The van der Waals surface area contributed by atoms with Crippen LogP contribution in [0.5, 0.6) is 0 Å². The molecule has 2 aromatic heterocycles. The number of fused-ring (bicyclic) bond motifs is 1. The number of H-pyrrole nitrogens is 1. The second-order valence-electron chi connectivity index (χ2n) is 2.22. The Hall–Kier alpha value is -2.05. The van der Waals surface area contributed by atoms with Crippen LogP contribution in [-0.2, 0) is 0 Å². The van der Waals surface area contributed by atoms with Gasteiger partial charge in [0, 0.05) is 0 Å². The lowest BCUT2D eigenvalue weighted by molar-refractivity contribution is 0.198. The predicted octanol–water partition coefficient (Wildman–Crippen LogP) is -1.06. The topological polar surface area (TPSA) is 110 Å². The molecule has 4 N–H and O–H groups in total. The van der Waals surface area contributed by atoms with Crippen LogP contribution in [0.25, 0.3) is 11.2 Å². The molecule has 0 fully saturated rings. The standard InChI is InChI=1S/C5H5N5O2/c6-3-2-4(7-1-10(2)12)9-5(11)8-3/h1,12H,(H3,6,8,9,11). The monoisotopic (exact) mass is 167 g/mol. The van der Waals surface area contributed by atoms with Crippen molar-refractivity contribution in [2.75, 3.05) is 5.73 Å². The highest BCUT2D eigenvalue weighted by molar-refractivity contribution is 5.80. The molecule has 0 spiro atoms. The quantitative estimate of drug-likeness (QED) is 0.433. The third-order valence-electron chi connectivity index (χ3n) is 1.43. The van der Waals surface area contributed by atoms with Crippen LogP contribution in [0.4, 0.5) is 5.82 Å². The van der Waals surface area contributed by atoms with Crippen LogP contribution >= 0.6 is 0 Å². The van der Waals surface area contributed by atoms with E-state index in [1.54, 1.807) is 0 Å². The van der Waals surface area contributed by atoms with Crippen LogP contribution in [0.2, 0.25) is 0 Å². The molecule has 2 rings (SSSR count). The first-order valence-electron chi connectivity index (χ1n) is 3.10. The summed E-state index contributed by atoms with van der Waals surface area (Å²) in [5.74, 6) is 0.0463. The molecule has 0 aliphatic carbocycles. The van der Waals surface area contributed by atoms with E-state index in [0.717, 1.165) is 6.33 Å². The number of nitrogens with one attached hydrogen (secondary N) is 1. The molecule has 0 aliphatic rings. The van der Waals surface area contributed by atoms with E-state index in [0.29, 0.717) is 4.73 Å². The van der Waals surface area contributed by atoms with E-state index in [-0.39, 0.29) is 17.0 Å². The molecule has 62 valence electrons. The largest absolute Gasteiger partial charge is 0.427 e. The molecule has 0 radical (unpaired) electrons. The van der Waals surface area contributed by atoms with Crippen molar-refractivity contribution in [3.05, 3.63) is 16.8 Å². The van der Waals surface area contributed by atoms with Gasteiger partial charge in [-0.2, -0.15) is 9.71 Å². The maximum absolute atomic E-state index is 10.7. The number of rotatable bonds is 0. The van der Waals surface area contributed by atoms with Crippen molar-refractivity contribution in [2.24, 2.45) is 0 Å². The van der Waals surface area contributed by atoms with Crippen molar-refractivity contribution >= 4 is 17.0 Å². The molecule has 7 nitrogen and oxygen atoms in total. The smallest absolute Gasteiger partial charge is 0.348 e. The number of anilines is 1. The summed E-state index contributed by atoms with van der Waals surface area (Å²) in [4.78, 5) is 20.1. The number of aromatic amines is 1. The number of imidazole rings is 1. The van der Waals surface area contributed by atoms with Gasteiger partial charge < -0.3 is 10.9 Å². The highest BCUT2D eigenvalue weighted by Gasteiger charge is 2.07. The SMILES string of the molecule is Nc1[nH]c(=O)nc2ncn(O)c12. The first-order valence-corrected chi connectivity index (χ1v) is 3.10. The van der Waals surface area contributed by atoms with Crippen LogP contribution in [0.3, 0.4) is 0 Å². The van der Waals surface area contributed by atoms with Gasteiger partial charge in [-0.05, 0) is 0 Å². The Morgan fingerprint density at radius 1 is 1.67 bits per heavy atom. The summed E-state index contributed by atoms with van der Waals surface area (Å²) in [5.41, 5.74) is 5.13. The minimum Gasteiger partial charge on any atom is -0.427 e. The van der Waals surface area contributed by atoms with Crippen molar-refractivity contribution in [3.63, 3.8) is 0 Å². The predicted molar refractivity (Wildman–Crippen MR) is 39.7 cm³/mol. The fourth-order valence-electron chi connectivity index (χ4n) is 0.955. The van der Waals surface area contributed by atoms with E-state index in [4.69, 9.17) is 10.9 Å². The minimum absolute atomic E-state index is 0.0463. The lowest BCUT2D eigenvalue weighted by atomic mass is 10.5. The Balaban J connectivity index is 3.02. The molecule has 0 aromatic carbocycles. The third-order valence-corrected chi connectivity index (χ3v) is 1.43. The molecular formula is C5H5N5O2. The first kappa shape index (κ1) is 6.65. The van der Waals surface area contributed by atoms with Gasteiger partial charge in [0.25, 0.3) is 0 Å². The maximum Gasteiger partial charge on any atom is 0.348 e. The number of aromatic nitrogens is 4. The molecule has 0 aliphatic heterocycles. The summed E-state index contributed by atoms with van der Waals surface area (Å²) in [6.45, 7) is 0. The Labute approximate surface area is 65.4 Å².